The van der Waals surface area contributed by atoms with E-state index in [9.17, 15) is 19.6 Å². The van der Waals surface area contributed by atoms with E-state index in [1.165, 1.54) is 6.07 Å². The summed E-state index contributed by atoms with van der Waals surface area (Å²) in [7, 11) is 0. The molecule has 0 saturated heterocycles. The summed E-state index contributed by atoms with van der Waals surface area (Å²) >= 11 is 3.02. The van der Waals surface area contributed by atoms with E-state index in [-0.39, 0.29) is 18.0 Å². The van der Waals surface area contributed by atoms with Gasteiger partial charge in [0.2, 0.25) is 0 Å². The average molecular weight is 316 g/mol. The minimum Gasteiger partial charge on any atom is -0.502 e. The molecule has 0 amide bonds. The molecule has 0 aliphatic rings. The lowest BCUT2D eigenvalue weighted by Crippen LogP contribution is -2.12. The quantitative estimate of drug-likeness (QED) is 0.662. The Balaban J connectivity index is 0.00000225. The third-order valence-electron chi connectivity index (χ3n) is 1.85. The molecular formula is C8H9BrClFN2O3. The predicted octanol–water partition coefficient (Wildman–Crippen LogP) is 2.45. The number of hydrogen-bond acceptors (Lipinski definition) is 4. The summed E-state index contributed by atoms with van der Waals surface area (Å²) in [4.78, 5) is 9.77. The van der Waals surface area contributed by atoms with E-state index in [0.29, 0.717) is 4.47 Å². The Hall–Kier alpha value is -0.920. The van der Waals surface area contributed by atoms with Crippen molar-refractivity contribution in [2.45, 2.75) is 6.04 Å². The van der Waals surface area contributed by atoms with E-state index in [4.69, 9.17) is 5.73 Å². The number of halogens is 3. The molecule has 0 aliphatic heterocycles. The summed E-state index contributed by atoms with van der Waals surface area (Å²) in [6, 6.07) is 1.41. The highest BCUT2D eigenvalue weighted by molar-refractivity contribution is 9.10. The predicted molar refractivity (Wildman–Crippen MR) is 62.6 cm³/mol. The molecule has 3 N–H and O–H groups in total. The Morgan fingerprint density at radius 1 is 1.62 bits per heavy atom. The van der Waals surface area contributed by atoms with E-state index in [1.54, 1.807) is 0 Å². The van der Waals surface area contributed by atoms with Gasteiger partial charge in [0.25, 0.3) is 0 Å². The number of phenolic OH excluding ortho intramolecular Hbond substituents is 1. The lowest BCUT2D eigenvalue weighted by atomic mass is 10.1. The maximum Gasteiger partial charge on any atom is 0.312 e. The molecule has 0 aliphatic carbocycles. The van der Waals surface area contributed by atoms with Crippen LogP contribution in [0.25, 0.3) is 0 Å². The third-order valence-corrected chi connectivity index (χ3v) is 2.30. The summed E-state index contributed by atoms with van der Waals surface area (Å²) in [5.41, 5.74) is 4.87. The SMILES string of the molecule is Cl.N[C@@H](CF)c1cc(Br)cc([N+](=O)[O-])c1O. The van der Waals surface area contributed by atoms with Gasteiger partial charge >= 0.3 is 5.69 Å². The second kappa shape index (κ2) is 5.97. The van der Waals surface area contributed by atoms with Crippen molar-refractivity contribution in [3.05, 3.63) is 32.3 Å². The van der Waals surface area contributed by atoms with Gasteiger partial charge in [-0.2, -0.15) is 0 Å². The highest BCUT2D eigenvalue weighted by atomic mass is 79.9. The van der Waals surface area contributed by atoms with Crippen LogP contribution in [0, 0.1) is 10.1 Å². The molecule has 1 rings (SSSR count). The van der Waals surface area contributed by atoms with Crippen LogP contribution in [0.15, 0.2) is 16.6 Å². The van der Waals surface area contributed by atoms with Crippen LogP contribution in [0.3, 0.4) is 0 Å². The molecule has 90 valence electrons. The summed E-state index contributed by atoms with van der Waals surface area (Å²) in [5.74, 6) is -0.589. The zero-order valence-electron chi connectivity index (χ0n) is 7.89. The minimum atomic E-state index is -1.07. The van der Waals surface area contributed by atoms with Crippen LogP contribution in [-0.2, 0) is 0 Å². The molecule has 16 heavy (non-hydrogen) atoms. The number of aromatic hydroxyl groups is 1. The molecule has 5 nitrogen and oxygen atoms in total. The van der Waals surface area contributed by atoms with E-state index in [2.05, 4.69) is 15.9 Å². The van der Waals surface area contributed by atoms with Gasteiger partial charge in [-0.1, -0.05) is 15.9 Å². The number of nitro groups is 1. The van der Waals surface area contributed by atoms with Gasteiger partial charge in [0, 0.05) is 16.1 Å². The molecule has 0 bridgehead atoms. The molecule has 0 aromatic heterocycles. The molecule has 0 spiro atoms. The van der Waals surface area contributed by atoms with Gasteiger partial charge in [-0.15, -0.1) is 12.4 Å². The number of nitrogens with zero attached hydrogens (tertiary/aromatic N) is 1. The van der Waals surface area contributed by atoms with Crippen molar-refractivity contribution in [3.8, 4) is 5.75 Å². The topological polar surface area (TPSA) is 89.4 Å². The van der Waals surface area contributed by atoms with Crippen molar-refractivity contribution in [1.29, 1.82) is 0 Å². The number of nitro benzene ring substituents is 1. The third kappa shape index (κ3) is 3.03. The fraction of sp³-hybridized carbons (Fsp3) is 0.250. The molecule has 1 aromatic rings. The van der Waals surface area contributed by atoms with Gasteiger partial charge in [-0.3, -0.25) is 10.1 Å². The van der Waals surface area contributed by atoms with E-state index < -0.39 is 29.1 Å². The largest absolute Gasteiger partial charge is 0.502 e. The maximum absolute atomic E-state index is 12.3. The Morgan fingerprint density at radius 3 is 2.62 bits per heavy atom. The maximum atomic E-state index is 12.3. The van der Waals surface area contributed by atoms with Crippen LogP contribution in [0.1, 0.15) is 11.6 Å². The standard InChI is InChI=1S/C8H8BrFN2O3.ClH/c9-4-1-5(6(11)3-10)8(13)7(2-4)12(14)15;/h1-2,6,13H,3,11H2;1H/t6-;/m0./s1. The number of alkyl halides is 1. The number of rotatable bonds is 3. The van der Waals surface area contributed by atoms with E-state index in [0.717, 1.165) is 6.07 Å². The Morgan fingerprint density at radius 2 is 2.19 bits per heavy atom. The van der Waals surface area contributed by atoms with Crippen LogP contribution < -0.4 is 5.73 Å². The monoisotopic (exact) mass is 314 g/mol. The summed E-state index contributed by atoms with van der Waals surface area (Å²) in [6.07, 6.45) is 0. The first-order chi connectivity index (χ1) is 6.97. The Bertz CT molecular complexity index is 405. The highest BCUT2D eigenvalue weighted by Gasteiger charge is 2.21. The van der Waals surface area contributed by atoms with Crippen LogP contribution in [-0.4, -0.2) is 16.7 Å². The van der Waals surface area contributed by atoms with Crippen molar-refractivity contribution >= 4 is 34.0 Å². The van der Waals surface area contributed by atoms with Crippen molar-refractivity contribution in [2.75, 3.05) is 6.67 Å². The number of hydrogen-bond donors (Lipinski definition) is 2. The van der Waals surface area contributed by atoms with Crippen molar-refractivity contribution in [2.24, 2.45) is 5.73 Å². The lowest BCUT2D eigenvalue weighted by molar-refractivity contribution is -0.386. The van der Waals surface area contributed by atoms with Crippen molar-refractivity contribution < 1.29 is 14.4 Å². The van der Waals surface area contributed by atoms with Crippen molar-refractivity contribution in [1.82, 2.24) is 0 Å². The fourth-order valence-electron chi connectivity index (χ4n) is 1.11. The molecule has 0 heterocycles. The molecule has 1 aromatic carbocycles. The van der Waals surface area contributed by atoms with Crippen LogP contribution in [0.4, 0.5) is 10.1 Å². The van der Waals surface area contributed by atoms with Crippen LogP contribution >= 0.6 is 28.3 Å². The van der Waals surface area contributed by atoms with Gasteiger partial charge < -0.3 is 10.8 Å². The summed E-state index contributed by atoms with van der Waals surface area (Å²) in [6.45, 7) is -0.902. The molecule has 0 fully saturated rings. The molecule has 0 radical (unpaired) electrons. The first-order valence-corrected chi connectivity index (χ1v) is 4.75. The Kier molecular flexibility index (Phi) is 5.63. The Labute approximate surface area is 105 Å². The minimum absolute atomic E-state index is 0. The number of phenols is 1. The van der Waals surface area contributed by atoms with E-state index in [1.807, 2.05) is 0 Å². The molecular weight excluding hydrogens is 306 g/mol. The lowest BCUT2D eigenvalue weighted by Gasteiger charge is -2.10. The zero-order chi connectivity index (χ0) is 11.6. The van der Waals surface area contributed by atoms with Crippen LogP contribution in [0.2, 0.25) is 0 Å². The number of nitrogens with two attached hydrogens (primary N) is 1. The molecule has 8 heteroatoms. The fourth-order valence-corrected chi connectivity index (χ4v) is 1.57. The van der Waals surface area contributed by atoms with Crippen LogP contribution in [0.5, 0.6) is 5.75 Å². The van der Waals surface area contributed by atoms with Crippen molar-refractivity contribution in [3.63, 3.8) is 0 Å². The first-order valence-electron chi connectivity index (χ1n) is 3.95. The highest BCUT2D eigenvalue weighted by Crippen LogP contribution is 2.36. The summed E-state index contributed by atoms with van der Waals surface area (Å²) in [5, 5.41) is 20.0. The summed E-state index contributed by atoms with van der Waals surface area (Å²) < 4.78 is 12.7. The zero-order valence-corrected chi connectivity index (χ0v) is 10.3. The smallest absolute Gasteiger partial charge is 0.312 e. The van der Waals surface area contributed by atoms with Gasteiger partial charge in [-0.05, 0) is 6.07 Å². The van der Waals surface area contributed by atoms with Gasteiger partial charge in [0.1, 0.15) is 6.67 Å². The first kappa shape index (κ1) is 15.1. The van der Waals surface area contributed by atoms with Gasteiger partial charge in [-0.25, -0.2) is 4.39 Å². The molecule has 0 saturated carbocycles. The second-order valence-electron chi connectivity index (χ2n) is 2.88. The second-order valence-corrected chi connectivity index (χ2v) is 3.80. The normalized spacial score (nSPS) is 11.7. The molecule has 1 atom stereocenters. The van der Waals surface area contributed by atoms with Gasteiger partial charge in [0.05, 0.1) is 11.0 Å². The molecule has 0 unspecified atom stereocenters. The van der Waals surface area contributed by atoms with E-state index >= 15 is 0 Å². The number of benzene rings is 1. The van der Waals surface area contributed by atoms with Gasteiger partial charge in [0.15, 0.2) is 5.75 Å². The average Bonchev–Trinajstić information content (AvgIpc) is 2.19.